The Labute approximate surface area is 84.4 Å². The molecule has 1 aromatic heterocycles. The van der Waals surface area contributed by atoms with Crippen molar-refractivity contribution in [2.75, 3.05) is 0 Å². The molecular formula is C10H8BrNO. The Kier molecular flexibility index (Phi) is 2.29. The highest BCUT2D eigenvalue weighted by Gasteiger charge is 1.97. The first-order valence-electron chi connectivity index (χ1n) is 3.94. The first-order chi connectivity index (χ1) is 6.29. The maximum absolute atomic E-state index is 8.91. The van der Waals surface area contributed by atoms with E-state index in [4.69, 9.17) is 5.11 Å². The summed E-state index contributed by atoms with van der Waals surface area (Å²) in [4.78, 5) is 4.21. The molecule has 0 spiro atoms. The molecule has 0 aliphatic carbocycles. The molecule has 66 valence electrons. The van der Waals surface area contributed by atoms with Crippen LogP contribution in [0.4, 0.5) is 0 Å². The third-order valence-electron chi connectivity index (χ3n) is 1.88. The Morgan fingerprint density at radius 2 is 2.15 bits per heavy atom. The van der Waals surface area contributed by atoms with Gasteiger partial charge in [0.2, 0.25) is 0 Å². The van der Waals surface area contributed by atoms with E-state index >= 15 is 0 Å². The first kappa shape index (κ1) is 8.66. The van der Waals surface area contributed by atoms with Crippen LogP contribution in [-0.2, 0) is 6.61 Å². The summed E-state index contributed by atoms with van der Waals surface area (Å²) in [5, 5.41) is 9.96. The van der Waals surface area contributed by atoms with Crippen molar-refractivity contribution in [2.45, 2.75) is 6.61 Å². The summed E-state index contributed by atoms with van der Waals surface area (Å²) >= 11 is 3.39. The Morgan fingerprint density at radius 1 is 1.31 bits per heavy atom. The Balaban J connectivity index is 2.68. The average molecular weight is 238 g/mol. The van der Waals surface area contributed by atoms with Gasteiger partial charge in [0.1, 0.15) is 0 Å². The van der Waals surface area contributed by atoms with Gasteiger partial charge in [-0.1, -0.05) is 15.9 Å². The zero-order valence-corrected chi connectivity index (χ0v) is 8.45. The number of pyridine rings is 1. The van der Waals surface area contributed by atoms with E-state index in [2.05, 4.69) is 20.9 Å². The van der Waals surface area contributed by atoms with Gasteiger partial charge in [0, 0.05) is 16.1 Å². The van der Waals surface area contributed by atoms with Crippen LogP contribution < -0.4 is 0 Å². The second-order valence-corrected chi connectivity index (χ2v) is 3.75. The van der Waals surface area contributed by atoms with E-state index < -0.39 is 0 Å². The predicted molar refractivity (Wildman–Crippen MR) is 55.4 cm³/mol. The number of fused-ring (bicyclic) bond motifs is 1. The molecule has 3 heteroatoms. The summed E-state index contributed by atoms with van der Waals surface area (Å²) in [6.07, 6.45) is 1.69. The second kappa shape index (κ2) is 3.44. The standard InChI is InChI=1S/C10H8BrNO/c11-9-1-2-10-8(4-9)3-7(6-13)5-12-10/h1-5,13H,6H2. The predicted octanol–water partition coefficient (Wildman–Crippen LogP) is 2.49. The molecule has 0 radical (unpaired) electrons. The van der Waals surface area contributed by atoms with Gasteiger partial charge in [-0.15, -0.1) is 0 Å². The van der Waals surface area contributed by atoms with Crippen molar-refractivity contribution in [3.63, 3.8) is 0 Å². The van der Waals surface area contributed by atoms with E-state index in [1.165, 1.54) is 0 Å². The maximum atomic E-state index is 8.91. The van der Waals surface area contributed by atoms with Crippen molar-refractivity contribution in [3.8, 4) is 0 Å². The average Bonchev–Trinajstić information content (AvgIpc) is 2.16. The van der Waals surface area contributed by atoms with Gasteiger partial charge >= 0.3 is 0 Å². The fraction of sp³-hybridized carbons (Fsp3) is 0.100. The summed E-state index contributed by atoms with van der Waals surface area (Å²) in [7, 11) is 0. The van der Waals surface area contributed by atoms with Crippen molar-refractivity contribution in [1.29, 1.82) is 0 Å². The quantitative estimate of drug-likeness (QED) is 0.827. The van der Waals surface area contributed by atoms with Gasteiger partial charge in [0.25, 0.3) is 0 Å². The number of nitrogens with zero attached hydrogens (tertiary/aromatic N) is 1. The molecule has 0 bridgehead atoms. The van der Waals surface area contributed by atoms with Crippen LogP contribution in [0.25, 0.3) is 10.9 Å². The summed E-state index contributed by atoms with van der Waals surface area (Å²) in [6.45, 7) is 0.0372. The normalized spacial score (nSPS) is 10.6. The van der Waals surface area contributed by atoms with E-state index in [-0.39, 0.29) is 6.61 Å². The lowest BCUT2D eigenvalue weighted by Crippen LogP contribution is -1.86. The molecule has 1 N–H and O–H groups in total. The van der Waals surface area contributed by atoms with Crippen molar-refractivity contribution >= 4 is 26.8 Å². The molecule has 2 rings (SSSR count). The Hall–Kier alpha value is -0.930. The van der Waals surface area contributed by atoms with Gasteiger partial charge in [-0.3, -0.25) is 4.98 Å². The smallest absolute Gasteiger partial charge is 0.0702 e. The zero-order chi connectivity index (χ0) is 9.26. The molecule has 0 saturated heterocycles. The molecule has 0 aliphatic rings. The maximum Gasteiger partial charge on any atom is 0.0702 e. The van der Waals surface area contributed by atoms with Crippen molar-refractivity contribution in [1.82, 2.24) is 4.98 Å². The number of rotatable bonds is 1. The summed E-state index contributed by atoms with van der Waals surface area (Å²) in [5.74, 6) is 0. The van der Waals surface area contributed by atoms with Crippen LogP contribution in [0.3, 0.4) is 0 Å². The van der Waals surface area contributed by atoms with Crippen LogP contribution in [0.15, 0.2) is 34.9 Å². The number of benzene rings is 1. The minimum absolute atomic E-state index is 0.0372. The fourth-order valence-electron chi connectivity index (χ4n) is 1.23. The molecule has 13 heavy (non-hydrogen) atoms. The monoisotopic (exact) mass is 237 g/mol. The van der Waals surface area contributed by atoms with E-state index in [0.717, 1.165) is 20.9 Å². The highest BCUT2D eigenvalue weighted by molar-refractivity contribution is 9.10. The minimum atomic E-state index is 0.0372. The highest BCUT2D eigenvalue weighted by Crippen LogP contribution is 2.18. The molecule has 1 heterocycles. The molecule has 0 amide bonds. The molecule has 0 saturated carbocycles. The van der Waals surface area contributed by atoms with Crippen LogP contribution in [0, 0.1) is 0 Å². The summed E-state index contributed by atoms with van der Waals surface area (Å²) in [5.41, 5.74) is 1.78. The third kappa shape index (κ3) is 1.71. The Bertz CT molecular complexity index is 442. The van der Waals surface area contributed by atoms with Gasteiger partial charge in [0.15, 0.2) is 0 Å². The van der Waals surface area contributed by atoms with Crippen LogP contribution >= 0.6 is 15.9 Å². The SMILES string of the molecule is OCc1cnc2ccc(Br)cc2c1. The number of halogens is 1. The number of hydrogen-bond donors (Lipinski definition) is 1. The Morgan fingerprint density at radius 3 is 2.92 bits per heavy atom. The molecule has 0 aliphatic heterocycles. The molecule has 1 aromatic carbocycles. The van der Waals surface area contributed by atoms with Gasteiger partial charge in [-0.2, -0.15) is 0 Å². The van der Waals surface area contributed by atoms with E-state index in [0.29, 0.717) is 0 Å². The summed E-state index contributed by atoms with van der Waals surface area (Å²) in [6, 6.07) is 7.82. The highest BCUT2D eigenvalue weighted by atomic mass is 79.9. The van der Waals surface area contributed by atoms with Gasteiger partial charge in [-0.25, -0.2) is 0 Å². The van der Waals surface area contributed by atoms with Crippen molar-refractivity contribution < 1.29 is 5.11 Å². The van der Waals surface area contributed by atoms with Gasteiger partial charge in [0.05, 0.1) is 12.1 Å². The molecule has 2 nitrogen and oxygen atoms in total. The molecule has 0 fully saturated rings. The van der Waals surface area contributed by atoms with Crippen molar-refractivity contribution in [2.24, 2.45) is 0 Å². The van der Waals surface area contributed by atoms with E-state index in [9.17, 15) is 0 Å². The molecule has 2 aromatic rings. The second-order valence-electron chi connectivity index (χ2n) is 2.84. The number of hydrogen-bond acceptors (Lipinski definition) is 2. The number of aromatic nitrogens is 1. The lowest BCUT2D eigenvalue weighted by atomic mass is 10.2. The molecule has 0 atom stereocenters. The van der Waals surface area contributed by atoms with E-state index in [1.807, 2.05) is 24.3 Å². The summed E-state index contributed by atoms with van der Waals surface area (Å²) < 4.78 is 1.02. The number of aliphatic hydroxyl groups excluding tert-OH is 1. The zero-order valence-electron chi connectivity index (χ0n) is 6.87. The number of aliphatic hydroxyl groups is 1. The largest absolute Gasteiger partial charge is 0.392 e. The van der Waals surface area contributed by atoms with Gasteiger partial charge < -0.3 is 5.11 Å². The minimum Gasteiger partial charge on any atom is -0.392 e. The molecule has 0 unspecified atom stereocenters. The van der Waals surface area contributed by atoms with Crippen LogP contribution in [-0.4, -0.2) is 10.1 Å². The van der Waals surface area contributed by atoms with E-state index in [1.54, 1.807) is 6.20 Å². The van der Waals surface area contributed by atoms with Crippen LogP contribution in [0.5, 0.6) is 0 Å². The van der Waals surface area contributed by atoms with Crippen molar-refractivity contribution in [3.05, 3.63) is 40.5 Å². The fourth-order valence-corrected chi connectivity index (χ4v) is 1.61. The molecular weight excluding hydrogens is 230 g/mol. The van der Waals surface area contributed by atoms with Crippen LogP contribution in [0.2, 0.25) is 0 Å². The van der Waals surface area contributed by atoms with Crippen LogP contribution in [0.1, 0.15) is 5.56 Å². The lowest BCUT2D eigenvalue weighted by molar-refractivity contribution is 0.281. The topological polar surface area (TPSA) is 33.1 Å². The van der Waals surface area contributed by atoms with Gasteiger partial charge in [-0.05, 0) is 29.8 Å². The lowest BCUT2D eigenvalue weighted by Gasteiger charge is -2.00. The third-order valence-corrected chi connectivity index (χ3v) is 2.38. The first-order valence-corrected chi connectivity index (χ1v) is 4.74.